The van der Waals surface area contributed by atoms with Gasteiger partial charge in [-0.3, -0.25) is 4.79 Å². The highest BCUT2D eigenvalue weighted by molar-refractivity contribution is 8.02. The summed E-state index contributed by atoms with van der Waals surface area (Å²) in [5, 5.41) is 3.04. The summed E-state index contributed by atoms with van der Waals surface area (Å²) >= 11 is 1.44. The van der Waals surface area contributed by atoms with E-state index in [9.17, 15) is 13.2 Å². The fourth-order valence-corrected chi connectivity index (χ4v) is 5.97. The zero-order chi connectivity index (χ0) is 15.5. The van der Waals surface area contributed by atoms with Crippen molar-refractivity contribution in [3.05, 3.63) is 35.4 Å². The summed E-state index contributed by atoms with van der Waals surface area (Å²) in [5.41, 5.74) is 2.26. The number of hydrogen-bond acceptors (Lipinski definition) is 4. The van der Waals surface area contributed by atoms with Gasteiger partial charge in [0, 0.05) is 5.25 Å². The minimum atomic E-state index is -2.87. The van der Waals surface area contributed by atoms with Gasteiger partial charge in [-0.1, -0.05) is 24.3 Å². The van der Waals surface area contributed by atoms with Crippen LogP contribution in [0.5, 0.6) is 0 Å². The lowest BCUT2D eigenvalue weighted by Crippen LogP contribution is -2.29. The van der Waals surface area contributed by atoms with E-state index < -0.39 is 9.84 Å². The number of thioether (sulfide) groups is 1. The van der Waals surface area contributed by atoms with E-state index in [2.05, 4.69) is 5.32 Å². The third kappa shape index (κ3) is 4.74. The van der Waals surface area contributed by atoms with Crippen LogP contribution in [0.2, 0.25) is 0 Å². The van der Waals surface area contributed by atoms with Gasteiger partial charge in [0.25, 0.3) is 0 Å². The van der Waals surface area contributed by atoms with Crippen LogP contribution in [0.3, 0.4) is 0 Å². The number of aryl methyl sites for hydroxylation is 1. The molecule has 0 aliphatic carbocycles. The van der Waals surface area contributed by atoms with E-state index in [0.717, 1.165) is 11.1 Å². The highest BCUT2D eigenvalue weighted by Gasteiger charge is 2.28. The Balaban J connectivity index is 1.81. The van der Waals surface area contributed by atoms with Crippen molar-refractivity contribution in [3.8, 4) is 0 Å². The summed E-state index contributed by atoms with van der Waals surface area (Å²) in [4.78, 5) is 12.0. The van der Waals surface area contributed by atoms with Gasteiger partial charge in [-0.25, -0.2) is 8.42 Å². The maximum absolute atomic E-state index is 12.0. The van der Waals surface area contributed by atoms with Gasteiger partial charge < -0.3 is 5.32 Å². The summed E-state index contributed by atoms with van der Waals surface area (Å²) < 4.78 is 22.7. The monoisotopic (exact) mass is 327 g/mol. The second-order valence-corrected chi connectivity index (χ2v) is 9.00. The van der Waals surface area contributed by atoms with E-state index in [1.807, 2.05) is 38.1 Å². The van der Waals surface area contributed by atoms with Crippen molar-refractivity contribution in [2.75, 3.05) is 17.3 Å². The van der Waals surface area contributed by atoms with E-state index in [1.165, 1.54) is 11.8 Å². The van der Waals surface area contributed by atoms with Gasteiger partial charge in [-0.2, -0.15) is 0 Å². The quantitative estimate of drug-likeness (QED) is 0.899. The number of rotatable bonds is 5. The van der Waals surface area contributed by atoms with Crippen molar-refractivity contribution < 1.29 is 13.2 Å². The SMILES string of the molecule is Cc1ccccc1C(C)NC(=O)CSC1CCS(=O)(=O)C1. The lowest BCUT2D eigenvalue weighted by molar-refractivity contribution is -0.119. The molecule has 1 aromatic rings. The van der Waals surface area contributed by atoms with Crippen LogP contribution in [0, 0.1) is 6.92 Å². The Hall–Kier alpha value is -1.01. The minimum Gasteiger partial charge on any atom is -0.349 e. The second-order valence-electron chi connectivity index (χ2n) is 5.48. The van der Waals surface area contributed by atoms with Gasteiger partial charge in [0.05, 0.1) is 23.3 Å². The molecule has 4 nitrogen and oxygen atoms in total. The van der Waals surface area contributed by atoms with Crippen LogP contribution < -0.4 is 5.32 Å². The molecule has 1 aliphatic rings. The molecule has 0 radical (unpaired) electrons. The number of hydrogen-bond donors (Lipinski definition) is 1. The van der Waals surface area contributed by atoms with Crippen LogP contribution in [0.4, 0.5) is 0 Å². The Morgan fingerprint density at radius 3 is 2.76 bits per heavy atom. The normalized spacial score (nSPS) is 21.9. The fraction of sp³-hybridized carbons (Fsp3) is 0.533. The highest BCUT2D eigenvalue weighted by atomic mass is 32.2. The van der Waals surface area contributed by atoms with Crippen LogP contribution in [-0.2, 0) is 14.6 Å². The first-order chi connectivity index (χ1) is 9.87. The number of nitrogens with one attached hydrogen (secondary N) is 1. The van der Waals surface area contributed by atoms with Crippen molar-refractivity contribution in [2.45, 2.75) is 31.6 Å². The molecule has 1 N–H and O–H groups in total. The summed E-state index contributed by atoms with van der Waals surface area (Å²) in [7, 11) is -2.87. The van der Waals surface area contributed by atoms with Crippen LogP contribution in [0.1, 0.15) is 30.5 Å². The van der Waals surface area contributed by atoms with Crippen molar-refractivity contribution in [1.82, 2.24) is 5.32 Å². The summed E-state index contributed by atoms with van der Waals surface area (Å²) in [6.07, 6.45) is 0.660. The van der Waals surface area contributed by atoms with Crippen molar-refractivity contribution in [1.29, 1.82) is 0 Å². The second kappa shape index (κ2) is 6.83. The van der Waals surface area contributed by atoms with E-state index >= 15 is 0 Å². The molecule has 2 unspecified atom stereocenters. The standard InChI is InChI=1S/C15H21NO3S2/c1-11-5-3-4-6-14(11)12(2)16-15(17)9-20-13-7-8-21(18,19)10-13/h3-6,12-13H,7-10H2,1-2H3,(H,16,17). The van der Waals surface area contributed by atoms with E-state index in [4.69, 9.17) is 0 Å². The molecule has 1 saturated heterocycles. The van der Waals surface area contributed by atoms with Gasteiger partial charge in [-0.05, 0) is 31.4 Å². The zero-order valence-corrected chi connectivity index (χ0v) is 14.0. The van der Waals surface area contributed by atoms with E-state index in [1.54, 1.807) is 0 Å². The first kappa shape index (κ1) is 16.4. The molecule has 0 bridgehead atoms. The van der Waals surface area contributed by atoms with Crippen LogP contribution in [0.25, 0.3) is 0 Å². The molecule has 1 heterocycles. The van der Waals surface area contributed by atoms with Gasteiger partial charge in [-0.15, -0.1) is 11.8 Å². The van der Waals surface area contributed by atoms with Gasteiger partial charge in [0.2, 0.25) is 5.91 Å². The van der Waals surface area contributed by atoms with Crippen LogP contribution >= 0.6 is 11.8 Å². The topological polar surface area (TPSA) is 63.2 Å². The molecule has 0 saturated carbocycles. The smallest absolute Gasteiger partial charge is 0.230 e. The van der Waals surface area contributed by atoms with Gasteiger partial charge in [0.1, 0.15) is 0 Å². The number of carbonyl (C=O) groups excluding carboxylic acids is 1. The van der Waals surface area contributed by atoms with Gasteiger partial charge >= 0.3 is 0 Å². The molecule has 1 amide bonds. The number of sulfone groups is 1. The third-order valence-electron chi connectivity index (χ3n) is 3.67. The number of benzene rings is 1. The maximum Gasteiger partial charge on any atom is 0.230 e. The molecule has 6 heteroatoms. The highest BCUT2D eigenvalue weighted by Crippen LogP contribution is 2.24. The summed E-state index contributed by atoms with van der Waals surface area (Å²) in [6.45, 7) is 3.99. The van der Waals surface area contributed by atoms with Crippen molar-refractivity contribution >= 4 is 27.5 Å². The average Bonchev–Trinajstić information content (AvgIpc) is 2.76. The molecule has 1 fully saturated rings. The van der Waals surface area contributed by atoms with E-state index in [0.29, 0.717) is 12.2 Å². The Morgan fingerprint density at radius 1 is 1.43 bits per heavy atom. The maximum atomic E-state index is 12.0. The van der Waals surface area contributed by atoms with E-state index in [-0.39, 0.29) is 28.7 Å². The Bertz CT molecular complexity index is 613. The predicted octanol–water partition coefficient (Wildman–Crippen LogP) is 2.09. The zero-order valence-electron chi connectivity index (χ0n) is 12.3. The molecule has 1 aliphatic heterocycles. The van der Waals surface area contributed by atoms with Crippen LogP contribution in [0.15, 0.2) is 24.3 Å². The molecule has 0 spiro atoms. The minimum absolute atomic E-state index is 0.0355. The Kier molecular flexibility index (Phi) is 5.32. The Morgan fingerprint density at radius 2 is 2.14 bits per heavy atom. The summed E-state index contributed by atoms with van der Waals surface area (Å²) in [5.74, 6) is 0.737. The largest absolute Gasteiger partial charge is 0.349 e. The Labute approximate surface area is 130 Å². The fourth-order valence-electron chi connectivity index (χ4n) is 2.52. The molecular weight excluding hydrogens is 306 g/mol. The molecular formula is C15H21NO3S2. The van der Waals surface area contributed by atoms with Gasteiger partial charge in [0.15, 0.2) is 9.84 Å². The van der Waals surface area contributed by atoms with Crippen molar-refractivity contribution in [2.24, 2.45) is 0 Å². The first-order valence-corrected chi connectivity index (χ1v) is 9.91. The summed E-state index contributed by atoms with van der Waals surface area (Å²) in [6, 6.07) is 7.94. The van der Waals surface area contributed by atoms with Crippen molar-refractivity contribution in [3.63, 3.8) is 0 Å². The average molecular weight is 327 g/mol. The number of carbonyl (C=O) groups is 1. The molecule has 116 valence electrons. The lowest BCUT2D eigenvalue weighted by Gasteiger charge is -2.17. The lowest BCUT2D eigenvalue weighted by atomic mass is 10.0. The third-order valence-corrected chi connectivity index (χ3v) is 6.95. The molecule has 2 rings (SSSR count). The molecule has 21 heavy (non-hydrogen) atoms. The molecule has 0 aromatic heterocycles. The molecule has 2 atom stereocenters. The first-order valence-electron chi connectivity index (χ1n) is 7.04. The molecule has 1 aromatic carbocycles. The predicted molar refractivity (Wildman–Crippen MR) is 87.3 cm³/mol. The van der Waals surface area contributed by atoms with Crippen LogP contribution in [-0.4, -0.2) is 36.8 Å². The number of amides is 1.